The predicted molar refractivity (Wildman–Crippen MR) is 148 cm³/mol. The second kappa shape index (κ2) is 11.7. The number of fused-ring (bicyclic) bond motifs is 1. The monoisotopic (exact) mass is 510 g/mol. The highest BCUT2D eigenvalue weighted by Crippen LogP contribution is 2.30. The normalized spacial score (nSPS) is 11.8. The van der Waals surface area contributed by atoms with Gasteiger partial charge in [0.05, 0.1) is 17.8 Å². The molecule has 0 saturated heterocycles. The third-order valence-electron chi connectivity index (χ3n) is 6.29. The first kappa shape index (κ1) is 26.5. The van der Waals surface area contributed by atoms with Crippen LogP contribution in [-0.2, 0) is 11.3 Å². The van der Waals surface area contributed by atoms with Crippen LogP contribution in [0.15, 0.2) is 71.5 Å². The van der Waals surface area contributed by atoms with Gasteiger partial charge < -0.3 is 14.6 Å². The number of carboxylic acid groups (broad SMARTS) is 1. The van der Waals surface area contributed by atoms with Crippen molar-refractivity contribution in [2.24, 2.45) is 0 Å². The van der Waals surface area contributed by atoms with E-state index in [-0.39, 0.29) is 13.2 Å². The van der Waals surface area contributed by atoms with Crippen molar-refractivity contribution in [1.29, 1.82) is 0 Å². The number of benzene rings is 3. The van der Waals surface area contributed by atoms with Crippen LogP contribution in [0.5, 0.6) is 11.5 Å². The second-order valence-corrected chi connectivity index (χ2v) is 9.28. The van der Waals surface area contributed by atoms with Gasteiger partial charge in [0.25, 0.3) is 0 Å². The minimum absolute atomic E-state index is 0.124. The van der Waals surface area contributed by atoms with Gasteiger partial charge in [-0.15, -0.1) is 6.42 Å². The van der Waals surface area contributed by atoms with E-state index in [0.717, 1.165) is 16.5 Å². The van der Waals surface area contributed by atoms with Gasteiger partial charge >= 0.3 is 11.7 Å². The highest BCUT2D eigenvalue weighted by molar-refractivity contribution is 5.93. The van der Waals surface area contributed by atoms with Crippen molar-refractivity contribution in [3.63, 3.8) is 0 Å². The first-order chi connectivity index (χ1) is 18.3. The van der Waals surface area contributed by atoms with Gasteiger partial charge in [-0.2, -0.15) is 4.98 Å². The number of ether oxygens (including phenoxy) is 2. The molecule has 1 N–H and O–H groups in total. The Hall–Kier alpha value is -4.57. The molecule has 0 bridgehead atoms. The first-order valence-corrected chi connectivity index (χ1v) is 12.5. The van der Waals surface area contributed by atoms with E-state index in [1.165, 1.54) is 5.56 Å². The Labute approximate surface area is 221 Å². The number of aliphatic carboxylic acids is 1. The van der Waals surface area contributed by atoms with Gasteiger partial charge in [0.15, 0.2) is 6.10 Å². The molecule has 0 amide bonds. The Morgan fingerprint density at radius 2 is 1.84 bits per heavy atom. The lowest BCUT2D eigenvalue weighted by Gasteiger charge is -2.16. The fourth-order valence-corrected chi connectivity index (χ4v) is 4.25. The highest BCUT2D eigenvalue weighted by atomic mass is 16.5. The summed E-state index contributed by atoms with van der Waals surface area (Å²) in [4.78, 5) is 29.2. The largest absolute Gasteiger partial charge is 0.481 e. The molecule has 0 aliphatic heterocycles. The van der Waals surface area contributed by atoms with Crippen molar-refractivity contribution in [2.45, 2.75) is 45.8 Å². The van der Waals surface area contributed by atoms with Crippen LogP contribution >= 0.6 is 0 Å². The van der Waals surface area contributed by atoms with Gasteiger partial charge in [-0.05, 0) is 53.8 Å². The third-order valence-corrected chi connectivity index (χ3v) is 6.29. The summed E-state index contributed by atoms with van der Waals surface area (Å²) in [5.41, 5.74) is 3.64. The van der Waals surface area contributed by atoms with Crippen LogP contribution < -0.4 is 15.2 Å². The fraction of sp³-hybridized carbons (Fsp3) is 0.258. The summed E-state index contributed by atoms with van der Waals surface area (Å²) in [5.74, 6) is 2.83. The molecule has 7 nitrogen and oxygen atoms in total. The number of aromatic nitrogens is 2. The van der Waals surface area contributed by atoms with Crippen molar-refractivity contribution < 1.29 is 19.4 Å². The summed E-state index contributed by atoms with van der Waals surface area (Å²) < 4.78 is 12.9. The van der Waals surface area contributed by atoms with E-state index >= 15 is 0 Å². The van der Waals surface area contributed by atoms with Crippen molar-refractivity contribution in [2.75, 3.05) is 6.61 Å². The molecule has 0 radical (unpaired) electrons. The molecule has 3 aromatic carbocycles. The van der Waals surface area contributed by atoms with Crippen LogP contribution in [0.2, 0.25) is 0 Å². The van der Waals surface area contributed by atoms with Crippen molar-refractivity contribution in [3.8, 4) is 35.1 Å². The molecule has 38 heavy (non-hydrogen) atoms. The molecule has 1 heterocycles. The summed E-state index contributed by atoms with van der Waals surface area (Å²) in [7, 11) is 0. The summed E-state index contributed by atoms with van der Waals surface area (Å²) in [6, 6.07) is 20.6. The average Bonchev–Trinajstić information content (AvgIpc) is 2.92. The highest BCUT2D eigenvalue weighted by Gasteiger charge is 2.18. The zero-order valence-corrected chi connectivity index (χ0v) is 21.7. The standard InChI is InChI=1S/C31H30N2O5/c1-5-16-37-24-14-15-27-26(18-24)29(23-12-10-22(11-13-23)20(3)4)32-31(36)33(27)19-21-8-7-9-25(17-21)38-28(6-2)30(34)35/h1,7-15,17-18,20,28H,6,16,19H2,2-4H3,(H,34,35). The molecule has 0 spiro atoms. The van der Waals surface area contributed by atoms with E-state index in [2.05, 4.69) is 24.8 Å². The molecule has 1 atom stereocenters. The molecule has 1 aromatic heterocycles. The molecule has 0 fully saturated rings. The summed E-state index contributed by atoms with van der Waals surface area (Å²) in [5, 5.41) is 10.1. The average molecular weight is 511 g/mol. The maximum Gasteiger partial charge on any atom is 0.348 e. The molecule has 7 heteroatoms. The number of rotatable bonds is 10. The molecule has 0 aliphatic carbocycles. The summed E-state index contributed by atoms with van der Waals surface area (Å²) >= 11 is 0. The van der Waals surface area contributed by atoms with Crippen LogP contribution in [0.4, 0.5) is 0 Å². The van der Waals surface area contributed by atoms with Gasteiger partial charge in [-0.25, -0.2) is 9.59 Å². The quantitative estimate of drug-likeness (QED) is 0.284. The molecular weight excluding hydrogens is 480 g/mol. The van der Waals surface area contributed by atoms with Crippen LogP contribution in [0, 0.1) is 12.3 Å². The van der Waals surface area contributed by atoms with Gasteiger partial charge in [-0.1, -0.05) is 63.1 Å². The molecule has 0 saturated carbocycles. The van der Waals surface area contributed by atoms with Crippen LogP contribution in [0.25, 0.3) is 22.2 Å². The maximum atomic E-state index is 13.3. The van der Waals surface area contributed by atoms with Crippen LogP contribution in [0.3, 0.4) is 0 Å². The molecule has 4 aromatic rings. The van der Waals surface area contributed by atoms with Crippen LogP contribution in [0.1, 0.15) is 44.2 Å². The number of carboxylic acids is 1. The smallest absolute Gasteiger partial charge is 0.348 e. The summed E-state index contributed by atoms with van der Waals surface area (Å²) in [6.45, 7) is 6.35. The topological polar surface area (TPSA) is 90.6 Å². The van der Waals surface area contributed by atoms with E-state index in [1.54, 1.807) is 35.8 Å². The molecular formula is C31H30N2O5. The molecule has 1 unspecified atom stereocenters. The Balaban J connectivity index is 1.79. The molecule has 194 valence electrons. The zero-order chi connectivity index (χ0) is 27.2. The minimum Gasteiger partial charge on any atom is -0.481 e. The first-order valence-electron chi connectivity index (χ1n) is 12.5. The van der Waals surface area contributed by atoms with Gasteiger partial charge in [0, 0.05) is 10.9 Å². The number of hydrogen-bond donors (Lipinski definition) is 1. The van der Waals surface area contributed by atoms with E-state index < -0.39 is 17.8 Å². The zero-order valence-electron chi connectivity index (χ0n) is 21.7. The van der Waals surface area contributed by atoms with Crippen molar-refractivity contribution in [1.82, 2.24) is 9.55 Å². The molecule has 4 rings (SSSR count). The van der Waals surface area contributed by atoms with Crippen molar-refractivity contribution in [3.05, 3.63) is 88.3 Å². The van der Waals surface area contributed by atoms with E-state index in [0.29, 0.717) is 35.0 Å². The van der Waals surface area contributed by atoms with Crippen molar-refractivity contribution >= 4 is 16.9 Å². The number of hydrogen-bond acceptors (Lipinski definition) is 5. The lowest BCUT2D eigenvalue weighted by Crippen LogP contribution is -2.26. The van der Waals surface area contributed by atoms with Gasteiger partial charge in [0.2, 0.25) is 0 Å². The SMILES string of the molecule is C#CCOc1ccc2c(c1)c(-c1ccc(C(C)C)cc1)nc(=O)n2Cc1cccc(OC(CC)C(=O)O)c1. The van der Waals surface area contributed by atoms with Gasteiger partial charge in [-0.3, -0.25) is 4.57 Å². The van der Waals surface area contributed by atoms with Crippen LogP contribution in [-0.4, -0.2) is 33.3 Å². The number of carbonyl (C=O) groups is 1. The second-order valence-electron chi connectivity index (χ2n) is 9.28. The van der Waals surface area contributed by atoms with Gasteiger partial charge in [0.1, 0.15) is 18.1 Å². The predicted octanol–water partition coefficient (Wildman–Crippen LogP) is 5.49. The number of terminal acetylenes is 1. The Morgan fingerprint density at radius 3 is 2.50 bits per heavy atom. The maximum absolute atomic E-state index is 13.3. The van der Waals surface area contributed by atoms with E-state index in [4.69, 9.17) is 15.9 Å². The summed E-state index contributed by atoms with van der Waals surface area (Å²) in [6.07, 6.45) is 4.76. The Bertz CT molecular complexity index is 1550. The van der Waals surface area contributed by atoms with E-state index in [9.17, 15) is 14.7 Å². The lowest BCUT2D eigenvalue weighted by atomic mass is 9.99. The Morgan fingerprint density at radius 1 is 1.08 bits per heavy atom. The third kappa shape index (κ3) is 5.87. The fourth-order valence-electron chi connectivity index (χ4n) is 4.25. The van der Waals surface area contributed by atoms with E-state index in [1.807, 2.05) is 42.5 Å². The number of nitrogens with zero attached hydrogens (tertiary/aromatic N) is 2. The Kier molecular flexibility index (Phi) is 8.12. The lowest BCUT2D eigenvalue weighted by molar-refractivity contribution is -0.145. The minimum atomic E-state index is -1.02. The molecule has 0 aliphatic rings.